The first kappa shape index (κ1) is 13.9. The number of ether oxygens (including phenoxy) is 1. The van der Waals surface area contributed by atoms with Crippen LogP contribution in [0.2, 0.25) is 5.02 Å². The minimum Gasteiger partial charge on any atom is -0.495 e. The number of amides is 1. The number of rotatable bonds is 4. The molecular formula is C13H13ClN2O2S. The fourth-order valence-electron chi connectivity index (χ4n) is 1.55. The summed E-state index contributed by atoms with van der Waals surface area (Å²) in [6.45, 7) is 0. The molecule has 2 rings (SSSR count). The quantitative estimate of drug-likeness (QED) is 0.911. The summed E-state index contributed by atoms with van der Waals surface area (Å²) in [5.74, 6) is 0.232. The van der Waals surface area contributed by atoms with E-state index in [1.165, 1.54) is 18.4 Å². The number of hydrogen-bond donors (Lipinski definition) is 2. The predicted octanol–water partition coefficient (Wildman–Crippen LogP) is 3.05. The molecule has 0 bridgehead atoms. The number of anilines is 1. The first-order chi connectivity index (χ1) is 9.11. The lowest BCUT2D eigenvalue weighted by atomic mass is 10.2. The Bertz CT molecular complexity index is 572. The Morgan fingerprint density at radius 3 is 2.89 bits per heavy atom. The Morgan fingerprint density at radius 2 is 2.26 bits per heavy atom. The standard InChI is InChI=1S/C13H13ClN2O2S/c1-18-10-7-8(4-5-9(10)14)16-13(17)12(15)11-3-2-6-19-11/h2-7,12H,15H2,1H3,(H,16,17). The van der Waals surface area contributed by atoms with E-state index in [1.807, 2.05) is 17.5 Å². The van der Waals surface area contributed by atoms with E-state index >= 15 is 0 Å². The molecule has 1 atom stereocenters. The second-order valence-corrected chi connectivity index (χ2v) is 5.22. The van der Waals surface area contributed by atoms with Crippen molar-refractivity contribution in [2.45, 2.75) is 6.04 Å². The van der Waals surface area contributed by atoms with Crippen molar-refractivity contribution in [3.8, 4) is 5.75 Å². The number of nitrogens with two attached hydrogens (primary N) is 1. The summed E-state index contributed by atoms with van der Waals surface area (Å²) in [5.41, 5.74) is 6.47. The number of benzene rings is 1. The van der Waals surface area contributed by atoms with Gasteiger partial charge in [-0.3, -0.25) is 4.79 Å². The van der Waals surface area contributed by atoms with Crippen LogP contribution in [0, 0.1) is 0 Å². The third-order valence-corrected chi connectivity index (χ3v) is 3.82. The fraction of sp³-hybridized carbons (Fsp3) is 0.154. The van der Waals surface area contributed by atoms with Gasteiger partial charge >= 0.3 is 0 Å². The Labute approximate surface area is 120 Å². The maximum absolute atomic E-state index is 12.0. The molecule has 100 valence electrons. The van der Waals surface area contributed by atoms with Crippen molar-refractivity contribution < 1.29 is 9.53 Å². The molecule has 0 aliphatic carbocycles. The van der Waals surface area contributed by atoms with Crippen LogP contribution in [0.1, 0.15) is 10.9 Å². The van der Waals surface area contributed by atoms with E-state index in [0.717, 1.165) is 4.88 Å². The highest BCUT2D eigenvalue weighted by molar-refractivity contribution is 7.10. The van der Waals surface area contributed by atoms with Gasteiger partial charge in [-0.05, 0) is 23.6 Å². The van der Waals surface area contributed by atoms with Crippen LogP contribution >= 0.6 is 22.9 Å². The Balaban J connectivity index is 2.11. The molecule has 1 heterocycles. The minimum atomic E-state index is -0.679. The molecule has 1 unspecified atom stereocenters. The first-order valence-corrected chi connectivity index (χ1v) is 6.81. The molecule has 1 aromatic carbocycles. The van der Waals surface area contributed by atoms with Crippen LogP contribution in [0.15, 0.2) is 35.7 Å². The van der Waals surface area contributed by atoms with Gasteiger partial charge in [-0.1, -0.05) is 17.7 Å². The average molecular weight is 297 g/mol. The highest BCUT2D eigenvalue weighted by Crippen LogP contribution is 2.28. The highest BCUT2D eigenvalue weighted by atomic mass is 35.5. The van der Waals surface area contributed by atoms with E-state index in [2.05, 4.69) is 5.32 Å². The van der Waals surface area contributed by atoms with Gasteiger partial charge in [0.1, 0.15) is 11.8 Å². The van der Waals surface area contributed by atoms with E-state index in [9.17, 15) is 4.79 Å². The molecule has 0 fully saturated rings. The minimum absolute atomic E-state index is 0.271. The maximum atomic E-state index is 12.0. The van der Waals surface area contributed by atoms with Crippen molar-refractivity contribution >= 4 is 34.5 Å². The number of carbonyl (C=O) groups excluding carboxylic acids is 1. The molecule has 19 heavy (non-hydrogen) atoms. The van der Waals surface area contributed by atoms with Crippen LogP contribution in [0.5, 0.6) is 5.75 Å². The second-order valence-electron chi connectivity index (χ2n) is 3.83. The van der Waals surface area contributed by atoms with Crippen LogP contribution in [0.3, 0.4) is 0 Å². The molecule has 0 saturated carbocycles. The van der Waals surface area contributed by atoms with Crippen LogP contribution in [0.25, 0.3) is 0 Å². The number of carbonyl (C=O) groups is 1. The smallest absolute Gasteiger partial charge is 0.246 e. The summed E-state index contributed by atoms with van der Waals surface area (Å²) >= 11 is 7.36. The zero-order valence-corrected chi connectivity index (χ0v) is 11.8. The lowest BCUT2D eigenvalue weighted by molar-refractivity contribution is -0.117. The normalized spacial score (nSPS) is 11.9. The van der Waals surface area contributed by atoms with E-state index < -0.39 is 6.04 Å². The molecule has 1 amide bonds. The van der Waals surface area contributed by atoms with Gasteiger partial charge in [0.05, 0.1) is 12.1 Å². The number of thiophene rings is 1. The summed E-state index contributed by atoms with van der Waals surface area (Å²) in [6.07, 6.45) is 0. The molecule has 0 spiro atoms. The Hall–Kier alpha value is -1.56. The Kier molecular flexibility index (Phi) is 4.42. The number of halogens is 1. The topological polar surface area (TPSA) is 64.3 Å². The predicted molar refractivity (Wildman–Crippen MR) is 77.9 cm³/mol. The number of nitrogens with one attached hydrogen (secondary N) is 1. The second kappa shape index (κ2) is 6.06. The summed E-state index contributed by atoms with van der Waals surface area (Å²) in [4.78, 5) is 12.8. The van der Waals surface area contributed by atoms with Crippen molar-refractivity contribution in [3.63, 3.8) is 0 Å². The zero-order valence-electron chi connectivity index (χ0n) is 10.2. The molecule has 2 aromatic rings. The molecule has 1 aromatic heterocycles. The van der Waals surface area contributed by atoms with Gasteiger partial charge in [0.2, 0.25) is 5.91 Å². The monoisotopic (exact) mass is 296 g/mol. The molecule has 0 saturated heterocycles. The van der Waals surface area contributed by atoms with E-state index in [1.54, 1.807) is 18.2 Å². The molecule has 6 heteroatoms. The summed E-state index contributed by atoms with van der Waals surface area (Å²) < 4.78 is 5.09. The summed E-state index contributed by atoms with van der Waals surface area (Å²) in [6, 6.07) is 8.02. The van der Waals surface area contributed by atoms with Crippen LogP contribution in [0.4, 0.5) is 5.69 Å². The van der Waals surface area contributed by atoms with Crippen molar-refractivity contribution in [2.24, 2.45) is 5.73 Å². The van der Waals surface area contributed by atoms with Gasteiger partial charge in [-0.2, -0.15) is 0 Å². The van der Waals surface area contributed by atoms with Gasteiger partial charge in [0, 0.05) is 16.6 Å². The third kappa shape index (κ3) is 3.26. The van der Waals surface area contributed by atoms with Gasteiger partial charge in [-0.25, -0.2) is 0 Å². The third-order valence-electron chi connectivity index (χ3n) is 2.55. The van der Waals surface area contributed by atoms with E-state index in [-0.39, 0.29) is 5.91 Å². The van der Waals surface area contributed by atoms with Crippen LogP contribution < -0.4 is 15.8 Å². The summed E-state index contributed by atoms with van der Waals surface area (Å²) in [7, 11) is 1.52. The largest absolute Gasteiger partial charge is 0.495 e. The van der Waals surface area contributed by atoms with Crippen LogP contribution in [-0.2, 0) is 4.79 Å². The molecular weight excluding hydrogens is 284 g/mol. The van der Waals surface area contributed by atoms with E-state index in [0.29, 0.717) is 16.5 Å². The molecule has 0 aliphatic rings. The highest BCUT2D eigenvalue weighted by Gasteiger charge is 2.17. The molecule has 0 radical (unpaired) electrons. The van der Waals surface area contributed by atoms with Crippen LogP contribution in [-0.4, -0.2) is 13.0 Å². The van der Waals surface area contributed by atoms with Crippen molar-refractivity contribution in [3.05, 3.63) is 45.6 Å². The number of hydrogen-bond acceptors (Lipinski definition) is 4. The van der Waals surface area contributed by atoms with Crippen molar-refractivity contribution in [2.75, 3.05) is 12.4 Å². The molecule has 4 nitrogen and oxygen atoms in total. The van der Waals surface area contributed by atoms with Gasteiger partial charge in [0.15, 0.2) is 0 Å². The Morgan fingerprint density at radius 1 is 1.47 bits per heavy atom. The average Bonchev–Trinajstić information content (AvgIpc) is 2.94. The van der Waals surface area contributed by atoms with E-state index in [4.69, 9.17) is 22.1 Å². The number of methoxy groups -OCH3 is 1. The fourth-order valence-corrected chi connectivity index (χ4v) is 2.47. The van der Waals surface area contributed by atoms with Gasteiger partial charge in [-0.15, -0.1) is 11.3 Å². The summed E-state index contributed by atoms with van der Waals surface area (Å²) in [5, 5.41) is 5.11. The lowest BCUT2D eigenvalue weighted by Gasteiger charge is -2.12. The van der Waals surface area contributed by atoms with Gasteiger partial charge < -0.3 is 15.8 Å². The first-order valence-electron chi connectivity index (χ1n) is 5.55. The lowest BCUT2D eigenvalue weighted by Crippen LogP contribution is -2.26. The molecule has 0 aliphatic heterocycles. The van der Waals surface area contributed by atoms with Crippen molar-refractivity contribution in [1.29, 1.82) is 0 Å². The SMILES string of the molecule is COc1cc(NC(=O)C(N)c2cccs2)ccc1Cl. The van der Waals surface area contributed by atoms with Gasteiger partial charge in [0.25, 0.3) is 0 Å². The molecule has 3 N–H and O–H groups in total. The van der Waals surface area contributed by atoms with Crippen molar-refractivity contribution in [1.82, 2.24) is 0 Å². The zero-order chi connectivity index (χ0) is 13.8. The maximum Gasteiger partial charge on any atom is 0.246 e.